The molecule has 1 aromatic heterocycles. The van der Waals surface area contributed by atoms with Gasteiger partial charge >= 0.3 is 0 Å². The average Bonchev–Trinajstić information content (AvgIpc) is 2.71. The summed E-state index contributed by atoms with van der Waals surface area (Å²) in [5.74, 6) is 0.109. The van der Waals surface area contributed by atoms with E-state index >= 15 is 0 Å². The van der Waals surface area contributed by atoms with Gasteiger partial charge in [-0.15, -0.1) is 0 Å². The Labute approximate surface area is 105 Å². The second-order valence-corrected chi connectivity index (χ2v) is 4.47. The number of carbonyl (C=O) groups is 1. The molecule has 0 aromatic carbocycles. The monoisotopic (exact) mass is 250 g/mol. The van der Waals surface area contributed by atoms with Crippen LogP contribution in [0.2, 0.25) is 0 Å². The Morgan fingerprint density at radius 2 is 2.24 bits per heavy atom. The van der Waals surface area contributed by atoms with Gasteiger partial charge in [-0.05, 0) is 30.9 Å². The largest absolute Gasteiger partial charge is 0.389 e. The first-order valence-corrected chi connectivity index (χ1v) is 5.83. The number of rotatable bonds is 4. The zero-order valence-electron chi connectivity index (χ0n) is 9.32. The third-order valence-corrected chi connectivity index (χ3v) is 2.97. The molecule has 0 fully saturated rings. The molecule has 17 heavy (non-hydrogen) atoms. The number of thiocarbonyl (C=S) groups is 1. The minimum atomic E-state index is -0.443. The van der Waals surface area contributed by atoms with E-state index in [0.717, 1.165) is 25.0 Å². The second kappa shape index (κ2) is 4.67. The van der Waals surface area contributed by atoms with Gasteiger partial charge in [-0.25, -0.2) is 4.98 Å². The van der Waals surface area contributed by atoms with Crippen molar-refractivity contribution in [3.8, 4) is 0 Å². The fourth-order valence-corrected chi connectivity index (χ4v) is 2.12. The fourth-order valence-electron chi connectivity index (χ4n) is 1.97. The van der Waals surface area contributed by atoms with Gasteiger partial charge in [0.15, 0.2) is 0 Å². The highest BCUT2D eigenvalue weighted by atomic mass is 32.1. The molecule has 5 N–H and O–H groups in total. The first-order chi connectivity index (χ1) is 8.08. The number of nitrogens with one attached hydrogen (secondary N) is 1. The van der Waals surface area contributed by atoms with Crippen LogP contribution in [0, 0.1) is 0 Å². The number of nitrogens with two attached hydrogens (primary N) is 2. The van der Waals surface area contributed by atoms with Gasteiger partial charge in [0, 0.05) is 5.69 Å². The molecule has 90 valence electrons. The van der Waals surface area contributed by atoms with E-state index in [1.807, 2.05) is 6.07 Å². The molecule has 1 heterocycles. The number of hydrogen-bond acceptors (Lipinski definition) is 4. The third kappa shape index (κ3) is 2.52. The van der Waals surface area contributed by atoms with Crippen molar-refractivity contribution in [1.29, 1.82) is 0 Å². The van der Waals surface area contributed by atoms with Crippen molar-refractivity contribution in [2.75, 3.05) is 11.9 Å². The van der Waals surface area contributed by atoms with Crippen LogP contribution >= 0.6 is 12.2 Å². The molecule has 0 saturated heterocycles. The summed E-state index contributed by atoms with van der Waals surface area (Å²) in [6, 6.07) is 1.96. The van der Waals surface area contributed by atoms with Crippen molar-refractivity contribution < 1.29 is 4.79 Å². The van der Waals surface area contributed by atoms with Crippen molar-refractivity contribution in [1.82, 2.24) is 4.98 Å². The minimum absolute atomic E-state index is 0.0292. The van der Waals surface area contributed by atoms with E-state index in [1.165, 1.54) is 5.56 Å². The van der Waals surface area contributed by atoms with E-state index in [-0.39, 0.29) is 11.5 Å². The van der Waals surface area contributed by atoms with E-state index in [4.69, 9.17) is 23.7 Å². The Morgan fingerprint density at radius 1 is 1.47 bits per heavy atom. The lowest BCUT2D eigenvalue weighted by Gasteiger charge is -2.11. The predicted molar refractivity (Wildman–Crippen MR) is 69.8 cm³/mol. The van der Waals surface area contributed by atoms with Crippen molar-refractivity contribution in [3.63, 3.8) is 0 Å². The Bertz CT molecular complexity index is 487. The number of amides is 1. The van der Waals surface area contributed by atoms with E-state index in [0.29, 0.717) is 11.4 Å². The van der Waals surface area contributed by atoms with Crippen LogP contribution in [0.25, 0.3) is 0 Å². The van der Waals surface area contributed by atoms with Gasteiger partial charge in [-0.1, -0.05) is 12.2 Å². The second-order valence-electron chi connectivity index (χ2n) is 4.03. The van der Waals surface area contributed by atoms with Gasteiger partial charge < -0.3 is 16.8 Å². The summed E-state index contributed by atoms with van der Waals surface area (Å²) in [6.45, 7) is 0.0292. The SMILES string of the molecule is NC(=O)CNc1nc2c(cc1C(N)=S)CCC2. The molecule has 0 unspecified atom stereocenters. The molecule has 1 aromatic rings. The molecule has 2 rings (SSSR count). The number of anilines is 1. The van der Waals surface area contributed by atoms with Crippen LogP contribution in [0.5, 0.6) is 0 Å². The van der Waals surface area contributed by atoms with Crippen LogP contribution < -0.4 is 16.8 Å². The number of aromatic nitrogens is 1. The molecule has 0 radical (unpaired) electrons. The summed E-state index contributed by atoms with van der Waals surface area (Å²) in [6.07, 6.45) is 3.06. The van der Waals surface area contributed by atoms with Crippen molar-refractivity contribution in [3.05, 3.63) is 22.9 Å². The minimum Gasteiger partial charge on any atom is -0.389 e. The Hall–Kier alpha value is -1.69. The first-order valence-electron chi connectivity index (χ1n) is 5.42. The highest BCUT2D eigenvalue weighted by Gasteiger charge is 2.17. The molecule has 0 saturated carbocycles. The van der Waals surface area contributed by atoms with Crippen LogP contribution in [0.4, 0.5) is 5.82 Å². The lowest BCUT2D eigenvalue weighted by Crippen LogP contribution is -2.24. The molecule has 1 aliphatic carbocycles. The summed E-state index contributed by atoms with van der Waals surface area (Å²) >= 11 is 4.98. The quantitative estimate of drug-likeness (QED) is 0.659. The van der Waals surface area contributed by atoms with Gasteiger partial charge in [0.2, 0.25) is 5.91 Å². The Kier molecular flexibility index (Phi) is 3.23. The van der Waals surface area contributed by atoms with Crippen molar-refractivity contribution in [2.45, 2.75) is 19.3 Å². The molecule has 0 atom stereocenters. The maximum atomic E-state index is 10.8. The molecule has 1 amide bonds. The molecule has 0 aliphatic heterocycles. The number of carbonyl (C=O) groups excluding carboxylic acids is 1. The number of hydrogen-bond donors (Lipinski definition) is 3. The molecule has 0 spiro atoms. The number of pyridine rings is 1. The Morgan fingerprint density at radius 3 is 2.88 bits per heavy atom. The number of primary amides is 1. The fraction of sp³-hybridized carbons (Fsp3) is 0.364. The highest BCUT2D eigenvalue weighted by Crippen LogP contribution is 2.25. The first kappa shape index (κ1) is 11.8. The van der Waals surface area contributed by atoms with Gasteiger partial charge in [0.25, 0.3) is 0 Å². The maximum Gasteiger partial charge on any atom is 0.236 e. The van der Waals surface area contributed by atoms with E-state index in [1.54, 1.807) is 0 Å². The van der Waals surface area contributed by atoms with Gasteiger partial charge in [0.05, 0.1) is 12.1 Å². The summed E-state index contributed by atoms with van der Waals surface area (Å²) in [7, 11) is 0. The highest BCUT2D eigenvalue weighted by molar-refractivity contribution is 7.80. The van der Waals surface area contributed by atoms with Crippen LogP contribution in [0.15, 0.2) is 6.07 Å². The van der Waals surface area contributed by atoms with Gasteiger partial charge in [-0.3, -0.25) is 4.79 Å². The lowest BCUT2D eigenvalue weighted by atomic mass is 10.1. The lowest BCUT2D eigenvalue weighted by molar-refractivity contribution is -0.116. The van der Waals surface area contributed by atoms with Gasteiger partial charge in [-0.2, -0.15) is 0 Å². The molecule has 0 bridgehead atoms. The molecule has 5 nitrogen and oxygen atoms in total. The molecule has 6 heteroatoms. The van der Waals surface area contributed by atoms with E-state index in [2.05, 4.69) is 10.3 Å². The summed E-state index contributed by atoms with van der Waals surface area (Å²) < 4.78 is 0. The normalized spacial score (nSPS) is 13.2. The molecule has 1 aliphatic rings. The molecular weight excluding hydrogens is 236 g/mol. The van der Waals surface area contributed by atoms with Gasteiger partial charge in [0.1, 0.15) is 10.8 Å². The number of fused-ring (bicyclic) bond motifs is 1. The van der Waals surface area contributed by atoms with E-state index < -0.39 is 5.91 Å². The summed E-state index contributed by atoms with van der Waals surface area (Å²) in [4.78, 5) is 15.5. The third-order valence-electron chi connectivity index (χ3n) is 2.75. The topological polar surface area (TPSA) is 94.0 Å². The van der Waals surface area contributed by atoms with Crippen molar-refractivity contribution >= 4 is 28.9 Å². The van der Waals surface area contributed by atoms with Crippen LogP contribution in [0.1, 0.15) is 23.2 Å². The van der Waals surface area contributed by atoms with Crippen LogP contribution in [-0.2, 0) is 17.6 Å². The Balaban J connectivity index is 2.34. The summed E-state index contributed by atoms with van der Waals surface area (Å²) in [5.41, 5.74) is 13.7. The average molecular weight is 250 g/mol. The predicted octanol–water partition coefficient (Wildman–Crippen LogP) is 0.102. The maximum absolute atomic E-state index is 10.8. The summed E-state index contributed by atoms with van der Waals surface area (Å²) in [5, 5.41) is 2.87. The zero-order valence-corrected chi connectivity index (χ0v) is 10.1. The number of nitrogens with zero attached hydrogens (tertiary/aromatic N) is 1. The molecular formula is C11H14N4OS. The van der Waals surface area contributed by atoms with Crippen molar-refractivity contribution in [2.24, 2.45) is 11.5 Å². The number of aryl methyl sites for hydroxylation is 2. The zero-order chi connectivity index (χ0) is 12.4. The van der Waals surface area contributed by atoms with E-state index in [9.17, 15) is 4.79 Å². The standard InChI is InChI=1S/C11H14N4OS/c12-9(16)5-14-11-7(10(13)17)4-6-2-1-3-8(6)15-11/h4H,1-3,5H2,(H2,12,16)(H2,13,17)(H,14,15). The smallest absolute Gasteiger partial charge is 0.236 e. The van der Waals surface area contributed by atoms with Crippen LogP contribution in [0.3, 0.4) is 0 Å². The van der Waals surface area contributed by atoms with Crippen LogP contribution in [-0.4, -0.2) is 22.4 Å².